The number of thiophene rings is 1. The van der Waals surface area contributed by atoms with Crippen LogP contribution in [-0.2, 0) is 6.54 Å². The van der Waals surface area contributed by atoms with E-state index in [0.717, 1.165) is 21.8 Å². The van der Waals surface area contributed by atoms with Gasteiger partial charge < -0.3 is 9.67 Å². The van der Waals surface area contributed by atoms with E-state index >= 15 is 0 Å². The van der Waals surface area contributed by atoms with Gasteiger partial charge in [0.05, 0.1) is 17.5 Å². The first kappa shape index (κ1) is 14.0. The van der Waals surface area contributed by atoms with Gasteiger partial charge >= 0.3 is 0 Å². The quantitative estimate of drug-likeness (QED) is 0.791. The van der Waals surface area contributed by atoms with Crippen molar-refractivity contribution in [2.24, 2.45) is 0 Å². The number of benzene rings is 1. The van der Waals surface area contributed by atoms with Gasteiger partial charge in [0.25, 0.3) is 0 Å². The summed E-state index contributed by atoms with van der Waals surface area (Å²) < 4.78 is 2.01. The monoisotopic (exact) mass is 298 g/mol. The van der Waals surface area contributed by atoms with Crippen molar-refractivity contribution in [3.05, 3.63) is 64.8 Å². The highest BCUT2D eigenvalue weighted by Crippen LogP contribution is 2.26. The van der Waals surface area contributed by atoms with E-state index in [1.165, 1.54) is 5.56 Å². The second-order valence-electron chi connectivity index (χ2n) is 5.26. The highest BCUT2D eigenvalue weighted by molar-refractivity contribution is 7.13. The summed E-state index contributed by atoms with van der Waals surface area (Å²) in [6.07, 6.45) is 3.17. The van der Waals surface area contributed by atoms with Crippen LogP contribution in [0.3, 0.4) is 0 Å². The molecule has 1 aromatic carbocycles. The Hall–Kier alpha value is -1.91. The molecule has 1 unspecified atom stereocenters. The first-order valence-corrected chi connectivity index (χ1v) is 7.83. The van der Waals surface area contributed by atoms with E-state index in [0.29, 0.717) is 6.54 Å². The van der Waals surface area contributed by atoms with Crippen molar-refractivity contribution in [3.63, 3.8) is 0 Å². The van der Waals surface area contributed by atoms with Crippen LogP contribution in [0.4, 0.5) is 0 Å². The third kappa shape index (κ3) is 2.91. The van der Waals surface area contributed by atoms with Crippen molar-refractivity contribution in [1.82, 2.24) is 9.55 Å². The molecule has 0 aliphatic heterocycles. The molecule has 0 saturated carbocycles. The van der Waals surface area contributed by atoms with Crippen molar-refractivity contribution < 1.29 is 5.11 Å². The molecule has 3 rings (SSSR count). The lowest BCUT2D eigenvalue weighted by molar-refractivity contribution is 0.156. The maximum Gasteiger partial charge on any atom is 0.150 e. The van der Waals surface area contributed by atoms with E-state index < -0.39 is 6.10 Å². The second kappa shape index (κ2) is 5.84. The number of aliphatic hydroxyl groups excluding tert-OH is 1. The number of hydrogen-bond acceptors (Lipinski definition) is 3. The van der Waals surface area contributed by atoms with Gasteiger partial charge in [-0.3, -0.25) is 0 Å². The predicted octanol–water partition coefficient (Wildman–Crippen LogP) is 3.96. The second-order valence-corrected chi connectivity index (χ2v) is 6.20. The molecule has 4 heteroatoms. The zero-order valence-electron chi connectivity index (χ0n) is 12.2. The maximum absolute atomic E-state index is 10.6. The normalized spacial score (nSPS) is 12.5. The largest absolute Gasteiger partial charge is 0.387 e. The molecule has 2 heterocycles. The molecule has 0 fully saturated rings. The van der Waals surface area contributed by atoms with Gasteiger partial charge in [-0.1, -0.05) is 29.8 Å². The summed E-state index contributed by atoms with van der Waals surface area (Å²) in [5, 5.41) is 12.6. The summed E-state index contributed by atoms with van der Waals surface area (Å²) in [5.41, 5.74) is 3.27. The minimum absolute atomic E-state index is 0.511. The van der Waals surface area contributed by atoms with Crippen molar-refractivity contribution >= 4 is 11.3 Å². The first-order chi connectivity index (χ1) is 10.1. The molecule has 2 aromatic heterocycles. The summed E-state index contributed by atoms with van der Waals surface area (Å²) in [5.74, 6) is 0.911. The van der Waals surface area contributed by atoms with E-state index in [4.69, 9.17) is 0 Å². The van der Waals surface area contributed by atoms with Gasteiger partial charge in [-0.15, -0.1) is 11.3 Å². The summed E-state index contributed by atoms with van der Waals surface area (Å²) in [4.78, 5) is 5.53. The zero-order chi connectivity index (χ0) is 14.8. The smallest absolute Gasteiger partial charge is 0.150 e. The van der Waals surface area contributed by atoms with Crippen LogP contribution >= 0.6 is 11.3 Å². The molecule has 0 amide bonds. The molecule has 0 spiro atoms. The topological polar surface area (TPSA) is 38.0 Å². The number of imidazole rings is 1. The van der Waals surface area contributed by atoms with E-state index in [9.17, 15) is 5.11 Å². The average Bonchev–Trinajstić information content (AvgIpc) is 3.11. The molecular weight excluding hydrogens is 280 g/mol. The van der Waals surface area contributed by atoms with Gasteiger partial charge in [0, 0.05) is 12.4 Å². The van der Waals surface area contributed by atoms with E-state index in [-0.39, 0.29) is 0 Å². The van der Waals surface area contributed by atoms with Crippen LogP contribution in [0.2, 0.25) is 0 Å². The number of nitrogens with zero attached hydrogens (tertiary/aromatic N) is 2. The van der Waals surface area contributed by atoms with E-state index in [1.807, 2.05) is 42.1 Å². The third-order valence-electron chi connectivity index (χ3n) is 3.62. The van der Waals surface area contributed by atoms with Crippen LogP contribution in [0.15, 0.2) is 48.1 Å². The van der Waals surface area contributed by atoms with Crippen molar-refractivity contribution in [1.29, 1.82) is 0 Å². The molecule has 0 radical (unpaired) electrons. The Morgan fingerprint density at radius 3 is 2.90 bits per heavy atom. The highest BCUT2D eigenvalue weighted by atomic mass is 32.1. The van der Waals surface area contributed by atoms with Crippen LogP contribution < -0.4 is 0 Å². The molecule has 108 valence electrons. The van der Waals surface area contributed by atoms with E-state index in [2.05, 4.69) is 23.2 Å². The Kier molecular flexibility index (Phi) is 3.90. The maximum atomic E-state index is 10.6. The lowest BCUT2D eigenvalue weighted by atomic mass is 10.0. The number of aliphatic hydroxyl groups is 1. The molecule has 3 aromatic rings. The third-order valence-corrected chi connectivity index (χ3v) is 4.49. The van der Waals surface area contributed by atoms with Crippen molar-refractivity contribution in [3.8, 4) is 10.7 Å². The van der Waals surface area contributed by atoms with Crippen LogP contribution in [0.1, 0.15) is 22.8 Å². The molecule has 0 bridgehead atoms. The SMILES string of the molecule is Cc1ccc(C)c(C(O)Cn2ccnc2-c2cccs2)c1. The lowest BCUT2D eigenvalue weighted by Crippen LogP contribution is -2.10. The van der Waals surface area contributed by atoms with Gasteiger partial charge in [0.1, 0.15) is 5.82 Å². The number of rotatable bonds is 4. The summed E-state index contributed by atoms with van der Waals surface area (Å²) in [7, 11) is 0. The fourth-order valence-electron chi connectivity index (χ4n) is 2.49. The van der Waals surface area contributed by atoms with Gasteiger partial charge in [-0.05, 0) is 36.4 Å². The highest BCUT2D eigenvalue weighted by Gasteiger charge is 2.14. The lowest BCUT2D eigenvalue weighted by Gasteiger charge is -2.16. The Morgan fingerprint density at radius 1 is 1.29 bits per heavy atom. The van der Waals surface area contributed by atoms with E-state index in [1.54, 1.807) is 17.5 Å². The number of hydrogen-bond donors (Lipinski definition) is 1. The number of aromatic nitrogens is 2. The van der Waals surface area contributed by atoms with Gasteiger partial charge in [-0.2, -0.15) is 0 Å². The Morgan fingerprint density at radius 2 is 2.14 bits per heavy atom. The van der Waals surface area contributed by atoms with Gasteiger partial charge in [-0.25, -0.2) is 4.98 Å². The molecule has 3 nitrogen and oxygen atoms in total. The van der Waals surface area contributed by atoms with Gasteiger partial charge in [0.15, 0.2) is 0 Å². The molecular formula is C17H18N2OS. The average molecular weight is 298 g/mol. The molecule has 0 aliphatic carbocycles. The minimum Gasteiger partial charge on any atom is -0.387 e. The van der Waals surface area contributed by atoms with Crippen LogP contribution in [-0.4, -0.2) is 14.7 Å². The molecule has 21 heavy (non-hydrogen) atoms. The minimum atomic E-state index is -0.530. The fourth-order valence-corrected chi connectivity index (χ4v) is 3.23. The molecule has 0 saturated heterocycles. The van der Waals surface area contributed by atoms with Crippen LogP contribution in [0, 0.1) is 13.8 Å². The summed E-state index contributed by atoms with van der Waals surface area (Å²) in [6, 6.07) is 10.2. The van der Waals surface area contributed by atoms with Crippen molar-refractivity contribution in [2.45, 2.75) is 26.5 Å². The zero-order valence-corrected chi connectivity index (χ0v) is 13.0. The van der Waals surface area contributed by atoms with Crippen molar-refractivity contribution in [2.75, 3.05) is 0 Å². The van der Waals surface area contributed by atoms with Crippen LogP contribution in [0.5, 0.6) is 0 Å². The first-order valence-electron chi connectivity index (χ1n) is 6.95. The predicted molar refractivity (Wildman–Crippen MR) is 86.4 cm³/mol. The molecule has 0 aliphatic rings. The summed E-state index contributed by atoms with van der Waals surface area (Å²) >= 11 is 1.66. The molecule has 1 N–H and O–H groups in total. The standard InChI is InChI=1S/C17H18N2OS/c1-12-5-6-13(2)14(10-12)15(20)11-19-8-7-18-17(19)16-4-3-9-21-16/h3-10,15,20H,11H2,1-2H3. The summed E-state index contributed by atoms with van der Waals surface area (Å²) in [6.45, 7) is 4.59. The van der Waals surface area contributed by atoms with Crippen LogP contribution in [0.25, 0.3) is 10.7 Å². The Labute approximate surface area is 128 Å². The molecule has 1 atom stereocenters. The Balaban J connectivity index is 1.87. The fraction of sp³-hybridized carbons (Fsp3) is 0.235. The number of aryl methyl sites for hydroxylation is 2. The Bertz CT molecular complexity index is 731. The van der Waals surface area contributed by atoms with Gasteiger partial charge in [0.2, 0.25) is 0 Å².